The second-order valence-electron chi connectivity index (χ2n) is 6.47. The molecule has 0 spiro atoms. The molecule has 2 rings (SSSR count). The maximum Gasteiger partial charge on any atom is 0.347 e. The van der Waals surface area contributed by atoms with Gasteiger partial charge in [0.25, 0.3) is 0 Å². The Morgan fingerprint density at radius 1 is 1.04 bits per heavy atom. The molecule has 0 bridgehead atoms. The Kier molecular flexibility index (Phi) is 7.48. The van der Waals surface area contributed by atoms with E-state index in [2.05, 4.69) is 30.9 Å². The SMILES string of the molecule is CC(Oc1ccc(O)cc1)C(=O)OCCN(Cc1ccccc1)C(C)C. The van der Waals surface area contributed by atoms with Crippen LogP contribution < -0.4 is 4.74 Å². The summed E-state index contributed by atoms with van der Waals surface area (Å²) in [5.41, 5.74) is 1.23. The van der Waals surface area contributed by atoms with E-state index in [4.69, 9.17) is 9.47 Å². The molecule has 0 aromatic heterocycles. The molecule has 140 valence electrons. The van der Waals surface area contributed by atoms with Crippen molar-refractivity contribution in [3.63, 3.8) is 0 Å². The Morgan fingerprint density at radius 3 is 2.31 bits per heavy atom. The van der Waals surface area contributed by atoms with Crippen LogP contribution in [0.25, 0.3) is 0 Å². The van der Waals surface area contributed by atoms with Crippen LogP contribution in [0.3, 0.4) is 0 Å². The molecule has 0 heterocycles. The molecular weight excluding hydrogens is 330 g/mol. The molecule has 1 N–H and O–H groups in total. The van der Waals surface area contributed by atoms with Crippen molar-refractivity contribution >= 4 is 5.97 Å². The highest BCUT2D eigenvalue weighted by Crippen LogP contribution is 2.17. The van der Waals surface area contributed by atoms with Crippen molar-refractivity contribution in [1.29, 1.82) is 0 Å². The number of rotatable bonds is 9. The minimum atomic E-state index is -0.707. The smallest absolute Gasteiger partial charge is 0.347 e. The average Bonchev–Trinajstić information content (AvgIpc) is 2.63. The summed E-state index contributed by atoms with van der Waals surface area (Å²) in [6, 6.07) is 16.8. The second-order valence-corrected chi connectivity index (χ2v) is 6.47. The van der Waals surface area contributed by atoms with Gasteiger partial charge >= 0.3 is 5.97 Å². The normalized spacial score (nSPS) is 12.2. The highest BCUT2D eigenvalue weighted by molar-refractivity contribution is 5.74. The molecule has 1 unspecified atom stereocenters. The summed E-state index contributed by atoms with van der Waals surface area (Å²) >= 11 is 0. The topological polar surface area (TPSA) is 59.0 Å². The first-order valence-corrected chi connectivity index (χ1v) is 8.86. The molecule has 2 aromatic rings. The fourth-order valence-electron chi connectivity index (χ4n) is 2.50. The lowest BCUT2D eigenvalue weighted by atomic mass is 10.2. The third-order valence-electron chi connectivity index (χ3n) is 4.06. The Hall–Kier alpha value is -2.53. The molecule has 26 heavy (non-hydrogen) atoms. The average molecular weight is 357 g/mol. The Bertz CT molecular complexity index is 670. The molecule has 0 radical (unpaired) electrons. The maximum atomic E-state index is 12.1. The van der Waals surface area contributed by atoms with Gasteiger partial charge in [-0.1, -0.05) is 30.3 Å². The van der Waals surface area contributed by atoms with Crippen molar-refractivity contribution in [1.82, 2.24) is 4.90 Å². The Balaban J connectivity index is 1.78. The predicted molar refractivity (Wildman–Crippen MR) is 101 cm³/mol. The first kappa shape index (κ1) is 19.8. The van der Waals surface area contributed by atoms with Gasteiger partial charge in [0, 0.05) is 19.1 Å². The van der Waals surface area contributed by atoms with Gasteiger partial charge in [0.05, 0.1) is 0 Å². The van der Waals surface area contributed by atoms with Crippen molar-refractivity contribution in [3.8, 4) is 11.5 Å². The number of hydrogen-bond donors (Lipinski definition) is 1. The van der Waals surface area contributed by atoms with Gasteiger partial charge in [0.15, 0.2) is 6.10 Å². The van der Waals surface area contributed by atoms with Crippen molar-refractivity contribution < 1.29 is 19.4 Å². The molecule has 5 heteroatoms. The van der Waals surface area contributed by atoms with Gasteiger partial charge in [0.2, 0.25) is 0 Å². The van der Waals surface area contributed by atoms with Crippen LogP contribution in [0.1, 0.15) is 26.3 Å². The third kappa shape index (κ3) is 6.41. The van der Waals surface area contributed by atoms with Gasteiger partial charge in [-0.3, -0.25) is 4.90 Å². The van der Waals surface area contributed by atoms with Crippen LogP contribution in [0.5, 0.6) is 11.5 Å². The monoisotopic (exact) mass is 357 g/mol. The van der Waals surface area contributed by atoms with Gasteiger partial charge in [-0.15, -0.1) is 0 Å². The number of carbonyl (C=O) groups excluding carboxylic acids is 1. The van der Waals surface area contributed by atoms with E-state index in [1.54, 1.807) is 19.1 Å². The molecule has 0 aliphatic heterocycles. The highest BCUT2D eigenvalue weighted by atomic mass is 16.6. The van der Waals surface area contributed by atoms with Crippen molar-refractivity contribution in [2.24, 2.45) is 0 Å². The molecular formula is C21H27NO4. The first-order valence-electron chi connectivity index (χ1n) is 8.86. The van der Waals surface area contributed by atoms with Crippen molar-refractivity contribution in [3.05, 3.63) is 60.2 Å². The number of phenolic OH excluding ortho intramolecular Hbond substituents is 1. The van der Waals surface area contributed by atoms with Gasteiger partial charge in [0.1, 0.15) is 18.1 Å². The fourth-order valence-corrected chi connectivity index (χ4v) is 2.50. The van der Waals surface area contributed by atoms with Gasteiger partial charge in [-0.05, 0) is 50.6 Å². The number of carbonyl (C=O) groups is 1. The number of hydrogen-bond acceptors (Lipinski definition) is 5. The molecule has 5 nitrogen and oxygen atoms in total. The molecule has 0 saturated carbocycles. The zero-order chi connectivity index (χ0) is 18.9. The molecule has 0 amide bonds. The van der Waals surface area contributed by atoms with E-state index >= 15 is 0 Å². The van der Waals surface area contributed by atoms with Gasteiger partial charge < -0.3 is 14.6 Å². The standard InChI is InChI=1S/C21H27NO4/c1-16(2)22(15-18-7-5-4-6-8-18)13-14-25-21(24)17(3)26-20-11-9-19(23)10-12-20/h4-12,16-17,23H,13-15H2,1-3H3. The van der Waals surface area contributed by atoms with Crippen LogP contribution in [0.2, 0.25) is 0 Å². The molecule has 0 fully saturated rings. The highest BCUT2D eigenvalue weighted by Gasteiger charge is 2.17. The number of phenols is 1. The fraction of sp³-hybridized carbons (Fsp3) is 0.381. The van der Waals surface area contributed by atoms with E-state index in [0.717, 1.165) is 6.54 Å². The van der Waals surface area contributed by atoms with Crippen LogP contribution in [0.15, 0.2) is 54.6 Å². The lowest BCUT2D eigenvalue weighted by molar-refractivity contribution is -0.151. The molecule has 1 atom stereocenters. The van der Waals surface area contributed by atoms with E-state index in [9.17, 15) is 9.90 Å². The minimum absolute atomic E-state index is 0.153. The Labute approximate surface area is 155 Å². The summed E-state index contributed by atoms with van der Waals surface area (Å²) in [6.07, 6.45) is -0.707. The first-order chi connectivity index (χ1) is 12.5. The predicted octanol–water partition coefficient (Wildman–Crippen LogP) is 3.61. The maximum absolute atomic E-state index is 12.1. The van der Waals surface area contributed by atoms with Crippen molar-refractivity contribution in [2.45, 2.75) is 39.5 Å². The van der Waals surface area contributed by atoms with Crippen LogP contribution in [0, 0.1) is 0 Å². The quantitative estimate of drug-likeness (QED) is 0.695. The minimum Gasteiger partial charge on any atom is -0.508 e. The number of esters is 1. The van der Waals surface area contributed by atoms with Crippen LogP contribution in [0.4, 0.5) is 0 Å². The zero-order valence-corrected chi connectivity index (χ0v) is 15.6. The van der Waals surface area contributed by atoms with Gasteiger partial charge in [-0.25, -0.2) is 4.79 Å². The number of ether oxygens (including phenoxy) is 2. The lowest BCUT2D eigenvalue weighted by Crippen LogP contribution is -2.35. The van der Waals surface area contributed by atoms with Crippen LogP contribution in [-0.2, 0) is 16.1 Å². The second kappa shape index (κ2) is 9.82. The third-order valence-corrected chi connectivity index (χ3v) is 4.06. The van der Waals surface area contributed by atoms with Crippen LogP contribution >= 0.6 is 0 Å². The summed E-state index contributed by atoms with van der Waals surface area (Å²) < 4.78 is 10.9. The lowest BCUT2D eigenvalue weighted by Gasteiger charge is -2.26. The summed E-state index contributed by atoms with van der Waals surface area (Å²) in [5, 5.41) is 9.27. The largest absolute Gasteiger partial charge is 0.508 e. The summed E-state index contributed by atoms with van der Waals surface area (Å²) in [5.74, 6) is 0.265. The molecule has 0 saturated heterocycles. The van der Waals surface area contributed by atoms with E-state index in [0.29, 0.717) is 24.9 Å². The van der Waals surface area contributed by atoms with E-state index in [-0.39, 0.29) is 5.75 Å². The number of nitrogens with zero attached hydrogens (tertiary/aromatic N) is 1. The zero-order valence-electron chi connectivity index (χ0n) is 15.6. The Morgan fingerprint density at radius 2 is 1.69 bits per heavy atom. The molecule has 0 aliphatic rings. The van der Waals surface area contributed by atoms with E-state index < -0.39 is 12.1 Å². The van der Waals surface area contributed by atoms with E-state index in [1.165, 1.54) is 17.7 Å². The van der Waals surface area contributed by atoms with Gasteiger partial charge in [-0.2, -0.15) is 0 Å². The molecule has 0 aliphatic carbocycles. The summed E-state index contributed by atoms with van der Waals surface area (Å²) in [6.45, 7) is 7.69. The summed E-state index contributed by atoms with van der Waals surface area (Å²) in [4.78, 5) is 14.4. The molecule has 2 aromatic carbocycles. The number of benzene rings is 2. The van der Waals surface area contributed by atoms with Crippen LogP contribution in [-0.4, -0.2) is 41.3 Å². The number of aromatic hydroxyl groups is 1. The van der Waals surface area contributed by atoms with Crippen molar-refractivity contribution in [2.75, 3.05) is 13.2 Å². The summed E-state index contributed by atoms with van der Waals surface area (Å²) in [7, 11) is 0. The van der Waals surface area contributed by atoms with E-state index in [1.807, 2.05) is 18.2 Å².